The number of carbonyl (C=O) groups is 1. The fraction of sp³-hybridized carbons (Fsp3) is 0.588. The fourth-order valence-corrected chi connectivity index (χ4v) is 2.59. The molecule has 1 amide bonds. The van der Waals surface area contributed by atoms with Crippen molar-refractivity contribution in [2.45, 2.75) is 52.0 Å². The monoisotopic (exact) mass is 290 g/mol. The molecule has 116 valence electrons. The van der Waals surface area contributed by atoms with Crippen molar-refractivity contribution in [1.82, 2.24) is 5.32 Å². The molecule has 0 aliphatic carbocycles. The SMILES string of the molecule is CCCOc1cc(C)ccc1NC(=O)CCC1CCCN1. The van der Waals surface area contributed by atoms with Crippen LogP contribution in [-0.2, 0) is 4.79 Å². The highest BCUT2D eigenvalue weighted by atomic mass is 16.5. The second-order valence-electron chi connectivity index (χ2n) is 5.73. The van der Waals surface area contributed by atoms with Crippen LogP contribution in [0.2, 0.25) is 0 Å². The fourth-order valence-electron chi connectivity index (χ4n) is 2.59. The molecule has 0 bridgehead atoms. The van der Waals surface area contributed by atoms with E-state index in [-0.39, 0.29) is 5.91 Å². The number of nitrogens with one attached hydrogen (secondary N) is 2. The molecule has 0 spiro atoms. The van der Waals surface area contributed by atoms with Gasteiger partial charge < -0.3 is 15.4 Å². The van der Waals surface area contributed by atoms with Crippen molar-refractivity contribution in [2.24, 2.45) is 0 Å². The van der Waals surface area contributed by atoms with E-state index in [0.29, 0.717) is 19.1 Å². The maximum Gasteiger partial charge on any atom is 0.224 e. The molecule has 4 nitrogen and oxygen atoms in total. The van der Waals surface area contributed by atoms with Crippen molar-refractivity contribution in [2.75, 3.05) is 18.5 Å². The number of aryl methyl sites for hydroxylation is 1. The number of hydrogen-bond acceptors (Lipinski definition) is 3. The summed E-state index contributed by atoms with van der Waals surface area (Å²) in [6.45, 7) is 5.84. The zero-order valence-corrected chi connectivity index (χ0v) is 13.1. The number of anilines is 1. The highest BCUT2D eigenvalue weighted by Gasteiger charge is 2.16. The van der Waals surface area contributed by atoms with Crippen LogP contribution < -0.4 is 15.4 Å². The van der Waals surface area contributed by atoms with E-state index in [2.05, 4.69) is 17.6 Å². The van der Waals surface area contributed by atoms with E-state index in [9.17, 15) is 4.79 Å². The van der Waals surface area contributed by atoms with Gasteiger partial charge in [-0.2, -0.15) is 0 Å². The lowest BCUT2D eigenvalue weighted by Crippen LogP contribution is -2.23. The molecule has 1 saturated heterocycles. The van der Waals surface area contributed by atoms with Crippen molar-refractivity contribution in [3.8, 4) is 5.75 Å². The van der Waals surface area contributed by atoms with Crippen molar-refractivity contribution >= 4 is 11.6 Å². The Bertz CT molecular complexity index is 468. The summed E-state index contributed by atoms with van der Waals surface area (Å²) in [7, 11) is 0. The Morgan fingerprint density at radius 1 is 1.48 bits per heavy atom. The number of benzene rings is 1. The lowest BCUT2D eigenvalue weighted by Gasteiger charge is -2.14. The van der Waals surface area contributed by atoms with Crippen LogP contribution in [0.1, 0.15) is 44.6 Å². The third-order valence-corrected chi connectivity index (χ3v) is 3.76. The summed E-state index contributed by atoms with van der Waals surface area (Å²) in [6.07, 6.45) is 4.82. The summed E-state index contributed by atoms with van der Waals surface area (Å²) < 4.78 is 5.72. The number of rotatable bonds is 7. The third-order valence-electron chi connectivity index (χ3n) is 3.76. The Morgan fingerprint density at radius 2 is 2.33 bits per heavy atom. The standard InChI is InChI=1S/C17H26N2O2/c1-3-11-21-16-12-13(2)6-8-15(16)19-17(20)9-7-14-5-4-10-18-14/h6,8,12,14,18H,3-5,7,9-11H2,1-2H3,(H,19,20). The molecular weight excluding hydrogens is 264 g/mol. The van der Waals surface area contributed by atoms with Crippen molar-refractivity contribution in [3.05, 3.63) is 23.8 Å². The van der Waals surface area contributed by atoms with Gasteiger partial charge in [0.05, 0.1) is 12.3 Å². The molecule has 0 aromatic heterocycles. The molecular formula is C17H26N2O2. The summed E-state index contributed by atoms with van der Waals surface area (Å²) in [5, 5.41) is 6.40. The van der Waals surface area contributed by atoms with Crippen molar-refractivity contribution in [3.63, 3.8) is 0 Å². The molecule has 1 aromatic carbocycles. The van der Waals surface area contributed by atoms with E-state index in [1.807, 2.05) is 25.1 Å². The highest BCUT2D eigenvalue weighted by molar-refractivity contribution is 5.92. The van der Waals surface area contributed by atoms with E-state index in [4.69, 9.17) is 4.74 Å². The van der Waals surface area contributed by atoms with Crippen LogP contribution in [0, 0.1) is 6.92 Å². The lowest BCUT2D eigenvalue weighted by molar-refractivity contribution is -0.116. The molecule has 2 rings (SSSR count). The molecule has 1 atom stereocenters. The quantitative estimate of drug-likeness (QED) is 0.810. The van der Waals surface area contributed by atoms with Crippen LogP contribution in [-0.4, -0.2) is 25.1 Å². The second-order valence-corrected chi connectivity index (χ2v) is 5.73. The van der Waals surface area contributed by atoms with Gasteiger partial charge in [-0.15, -0.1) is 0 Å². The molecule has 1 unspecified atom stereocenters. The number of amides is 1. The van der Waals surface area contributed by atoms with E-state index < -0.39 is 0 Å². The maximum atomic E-state index is 12.1. The largest absolute Gasteiger partial charge is 0.491 e. The minimum absolute atomic E-state index is 0.0638. The summed E-state index contributed by atoms with van der Waals surface area (Å²) in [5.41, 5.74) is 1.91. The Labute approximate surface area is 127 Å². The van der Waals surface area contributed by atoms with Crippen LogP contribution >= 0.6 is 0 Å². The zero-order valence-electron chi connectivity index (χ0n) is 13.1. The Hall–Kier alpha value is -1.55. The number of hydrogen-bond donors (Lipinski definition) is 2. The molecule has 21 heavy (non-hydrogen) atoms. The van der Waals surface area contributed by atoms with Crippen LogP contribution in [0.3, 0.4) is 0 Å². The normalized spacial score (nSPS) is 17.7. The highest BCUT2D eigenvalue weighted by Crippen LogP contribution is 2.26. The first-order valence-electron chi connectivity index (χ1n) is 7.95. The molecule has 1 fully saturated rings. The summed E-state index contributed by atoms with van der Waals surface area (Å²) >= 11 is 0. The summed E-state index contributed by atoms with van der Waals surface area (Å²) in [4.78, 5) is 12.1. The van der Waals surface area contributed by atoms with Gasteiger partial charge in [-0.3, -0.25) is 4.79 Å². The molecule has 0 saturated carbocycles. The second kappa shape index (κ2) is 8.03. The first-order chi connectivity index (χ1) is 10.2. The third kappa shape index (κ3) is 5.05. The van der Waals surface area contributed by atoms with Gasteiger partial charge in [-0.05, 0) is 56.8 Å². The van der Waals surface area contributed by atoms with Gasteiger partial charge in [0, 0.05) is 12.5 Å². The first-order valence-corrected chi connectivity index (χ1v) is 7.95. The average molecular weight is 290 g/mol. The van der Waals surface area contributed by atoms with Gasteiger partial charge in [-0.1, -0.05) is 13.0 Å². The summed E-state index contributed by atoms with van der Waals surface area (Å²) in [5.74, 6) is 0.832. The molecule has 2 N–H and O–H groups in total. The van der Waals surface area contributed by atoms with Crippen molar-refractivity contribution < 1.29 is 9.53 Å². The van der Waals surface area contributed by atoms with E-state index in [0.717, 1.165) is 36.4 Å². The van der Waals surface area contributed by atoms with Gasteiger partial charge in [0.2, 0.25) is 5.91 Å². The molecule has 1 aromatic rings. The zero-order chi connectivity index (χ0) is 15.1. The van der Waals surface area contributed by atoms with Gasteiger partial charge >= 0.3 is 0 Å². The number of ether oxygens (including phenoxy) is 1. The molecule has 1 aliphatic heterocycles. The topological polar surface area (TPSA) is 50.4 Å². The van der Waals surface area contributed by atoms with E-state index in [1.165, 1.54) is 12.8 Å². The Morgan fingerprint density at radius 3 is 3.05 bits per heavy atom. The smallest absolute Gasteiger partial charge is 0.224 e. The number of carbonyl (C=O) groups excluding carboxylic acids is 1. The first kappa shape index (κ1) is 15.8. The van der Waals surface area contributed by atoms with Gasteiger partial charge in [0.25, 0.3) is 0 Å². The predicted octanol–water partition coefficient (Wildman–Crippen LogP) is 3.25. The van der Waals surface area contributed by atoms with Crippen molar-refractivity contribution in [1.29, 1.82) is 0 Å². The van der Waals surface area contributed by atoms with Crippen LogP contribution in [0.25, 0.3) is 0 Å². The predicted molar refractivity (Wildman–Crippen MR) is 85.9 cm³/mol. The minimum atomic E-state index is 0.0638. The average Bonchev–Trinajstić information content (AvgIpc) is 2.98. The van der Waals surface area contributed by atoms with Gasteiger partial charge in [0.1, 0.15) is 5.75 Å². The van der Waals surface area contributed by atoms with Crippen LogP contribution in [0.15, 0.2) is 18.2 Å². The summed E-state index contributed by atoms with van der Waals surface area (Å²) in [6, 6.07) is 6.40. The van der Waals surface area contributed by atoms with E-state index in [1.54, 1.807) is 0 Å². The molecule has 1 heterocycles. The van der Waals surface area contributed by atoms with Gasteiger partial charge in [0.15, 0.2) is 0 Å². The minimum Gasteiger partial charge on any atom is -0.491 e. The van der Waals surface area contributed by atoms with Crippen LogP contribution in [0.5, 0.6) is 5.75 Å². The Balaban J connectivity index is 1.89. The maximum absolute atomic E-state index is 12.1. The Kier molecular flexibility index (Phi) is 6.05. The van der Waals surface area contributed by atoms with Gasteiger partial charge in [-0.25, -0.2) is 0 Å². The molecule has 1 aliphatic rings. The lowest BCUT2D eigenvalue weighted by atomic mass is 10.1. The molecule has 0 radical (unpaired) electrons. The van der Waals surface area contributed by atoms with E-state index >= 15 is 0 Å². The molecule has 4 heteroatoms. The van der Waals surface area contributed by atoms with Crippen LogP contribution in [0.4, 0.5) is 5.69 Å².